The van der Waals surface area contributed by atoms with Crippen LogP contribution in [0.1, 0.15) is 21.7 Å². The summed E-state index contributed by atoms with van der Waals surface area (Å²) in [6, 6.07) is 16.2. The van der Waals surface area contributed by atoms with Gasteiger partial charge in [-0.3, -0.25) is 4.79 Å². The van der Waals surface area contributed by atoms with E-state index in [-0.39, 0.29) is 17.0 Å². The SMILES string of the molecule is Cc1cccc(-c2ccc3c(N)c(C(=O)c4ccc(F)cc4F)oc3c2)c1. The number of hydrogen-bond acceptors (Lipinski definition) is 3. The van der Waals surface area contributed by atoms with Crippen LogP contribution >= 0.6 is 0 Å². The monoisotopic (exact) mass is 363 g/mol. The molecule has 4 aromatic rings. The summed E-state index contributed by atoms with van der Waals surface area (Å²) in [7, 11) is 0. The van der Waals surface area contributed by atoms with Crippen molar-refractivity contribution in [3.05, 3.63) is 89.2 Å². The van der Waals surface area contributed by atoms with E-state index in [1.165, 1.54) is 0 Å². The van der Waals surface area contributed by atoms with Crippen molar-refractivity contribution in [3.63, 3.8) is 0 Å². The van der Waals surface area contributed by atoms with Gasteiger partial charge >= 0.3 is 0 Å². The van der Waals surface area contributed by atoms with Crippen LogP contribution in [0.25, 0.3) is 22.1 Å². The number of rotatable bonds is 3. The minimum atomic E-state index is -0.958. The number of ketones is 1. The Morgan fingerprint density at radius 1 is 0.963 bits per heavy atom. The number of benzene rings is 3. The highest BCUT2D eigenvalue weighted by molar-refractivity contribution is 6.14. The lowest BCUT2D eigenvalue weighted by Crippen LogP contribution is -2.06. The van der Waals surface area contributed by atoms with Crippen LogP contribution in [-0.2, 0) is 0 Å². The van der Waals surface area contributed by atoms with Crippen molar-refractivity contribution in [2.75, 3.05) is 5.73 Å². The molecule has 1 heterocycles. The molecule has 0 aliphatic carbocycles. The standard InChI is InChI=1S/C22H15F2NO2/c1-12-3-2-4-13(9-12)14-5-7-17-19(10-14)27-22(20(17)25)21(26)16-8-6-15(23)11-18(16)24/h2-11H,25H2,1H3. The molecule has 27 heavy (non-hydrogen) atoms. The topological polar surface area (TPSA) is 56.2 Å². The fourth-order valence-corrected chi connectivity index (χ4v) is 3.09. The molecule has 3 aromatic carbocycles. The average Bonchev–Trinajstić information content (AvgIpc) is 2.97. The number of nitrogens with two attached hydrogens (primary N) is 1. The maximum atomic E-state index is 14.0. The van der Waals surface area contributed by atoms with Crippen LogP contribution in [0.4, 0.5) is 14.5 Å². The smallest absolute Gasteiger partial charge is 0.233 e. The van der Waals surface area contributed by atoms with E-state index in [2.05, 4.69) is 0 Å². The third kappa shape index (κ3) is 2.97. The maximum absolute atomic E-state index is 14.0. The first-order chi connectivity index (χ1) is 12.9. The predicted molar refractivity (Wildman–Crippen MR) is 101 cm³/mol. The molecule has 0 aliphatic rings. The molecule has 0 bridgehead atoms. The quantitative estimate of drug-likeness (QED) is 0.489. The Balaban J connectivity index is 1.81. The minimum absolute atomic E-state index is 0.134. The molecule has 0 spiro atoms. The summed E-state index contributed by atoms with van der Waals surface area (Å²) in [6.45, 7) is 2.00. The summed E-state index contributed by atoms with van der Waals surface area (Å²) in [5, 5.41) is 0.567. The normalized spacial score (nSPS) is 11.1. The van der Waals surface area contributed by atoms with Gasteiger partial charge in [-0.25, -0.2) is 8.78 Å². The van der Waals surface area contributed by atoms with Gasteiger partial charge in [-0.05, 0) is 42.3 Å². The van der Waals surface area contributed by atoms with Crippen LogP contribution in [0.2, 0.25) is 0 Å². The Bertz CT molecular complexity index is 1190. The molecule has 0 saturated heterocycles. The van der Waals surface area contributed by atoms with E-state index in [0.29, 0.717) is 17.0 Å². The van der Waals surface area contributed by atoms with E-state index >= 15 is 0 Å². The van der Waals surface area contributed by atoms with E-state index < -0.39 is 17.4 Å². The molecular formula is C22H15F2NO2. The van der Waals surface area contributed by atoms with Gasteiger partial charge in [0.05, 0.1) is 11.3 Å². The van der Waals surface area contributed by atoms with Crippen LogP contribution in [0, 0.1) is 18.6 Å². The van der Waals surface area contributed by atoms with E-state index in [1.807, 2.05) is 37.3 Å². The summed E-state index contributed by atoms with van der Waals surface area (Å²) in [5.41, 5.74) is 9.36. The molecule has 0 amide bonds. The summed E-state index contributed by atoms with van der Waals surface area (Å²) < 4.78 is 32.7. The number of nitrogen functional groups attached to an aromatic ring is 1. The molecule has 5 heteroatoms. The first-order valence-corrected chi connectivity index (χ1v) is 8.33. The van der Waals surface area contributed by atoms with E-state index in [1.54, 1.807) is 12.1 Å². The fraction of sp³-hybridized carbons (Fsp3) is 0.0455. The van der Waals surface area contributed by atoms with Crippen LogP contribution in [0.3, 0.4) is 0 Å². The molecule has 0 unspecified atom stereocenters. The Hall–Kier alpha value is -3.47. The lowest BCUT2D eigenvalue weighted by molar-refractivity contribution is 0.101. The molecule has 2 N–H and O–H groups in total. The second kappa shape index (κ2) is 6.36. The van der Waals surface area contributed by atoms with Gasteiger partial charge in [0.15, 0.2) is 5.76 Å². The zero-order chi connectivity index (χ0) is 19.1. The van der Waals surface area contributed by atoms with Crippen LogP contribution < -0.4 is 5.73 Å². The molecule has 0 aliphatic heterocycles. The molecule has 1 aromatic heterocycles. The third-order valence-electron chi connectivity index (χ3n) is 4.46. The Kier molecular flexibility index (Phi) is 4.00. The summed E-state index contributed by atoms with van der Waals surface area (Å²) in [6.07, 6.45) is 0. The van der Waals surface area contributed by atoms with E-state index in [0.717, 1.165) is 28.8 Å². The molecule has 4 rings (SSSR count). The van der Waals surface area contributed by atoms with Gasteiger partial charge in [-0.2, -0.15) is 0 Å². The van der Waals surface area contributed by atoms with Crippen molar-refractivity contribution in [1.82, 2.24) is 0 Å². The molecule has 0 saturated carbocycles. The Morgan fingerprint density at radius 3 is 2.48 bits per heavy atom. The van der Waals surface area contributed by atoms with Gasteiger partial charge in [0.2, 0.25) is 5.78 Å². The summed E-state index contributed by atoms with van der Waals surface area (Å²) in [5.74, 6) is -2.60. The Morgan fingerprint density at radius 2 is 1.74 bits per heavy atom. The number of furan rings is 1. The number of anilines is 1. The lowest BCUT2D eigenvalue weighted by Gasteiger charge is -2.02. The fourth-order valence-electron chi connectivity index (χ4n) is 3.09. The molecule has 3 nitrogen and oxygen atoms in total. The van der Waals surface area contributed by atoms with Crippen molar-refractivity contribution < 1.29 is 18.0 Å². The predicted octanol–water partition coefficient (Wildman–Crippen LogP) is 5.50. The van der Waals surface area contributed by atoms with Gasteiger partial charge in [0.25, 0.3) is 0 Å². The number of fused-ring (bicyclic) bond motifs is 1. The van der Waals surface area contributed by atoms with Crippen molar-refractivity contribution >= 4 is 22.4 Å². The van der Waals surface area contributed by atoms with Gasteiger partial charge in [-0.1, -0.05) is 35.9 Å². The third-order valence-corrected chi connectivity index (χ3v) is 4.46. The van der Waals surface area contributed by atoms with Crippen molar-refractivity contribution in [1.29, 1.82) is 0 Å². The highest BCUT2D eigenvalue weighted by atomic mass is 19.1. The number of halogens is 2. The van der Waals surface area contributed by atoms with Gasteiger partial charge in [0.1, 0.15) is 17.2 Å². The number of carbonyl (C=O) groups is 1. The summed E-state index contributed by atoms with van der Waals surface area (Å²) in [4.78, 5) is 12.6. The van der Waals surface area contributed by atoms with Crippen LogP contribution in [0.15, 0.2) is 65.1 Å². The van der Waals surface area contributed by atoms with Gasteiger partial charge in [-0.15, -0.1) is 0 Å². The zero-order valence-electron chi connectivity index (χ0n) is 14.4. The summed E-state index contributed by atoms with van der Waals surface area (Å²) >= 11 is 0. The number of hydrogen-bond donors (Lipinski definition) is 1. The minimum Gasteiger partial charge on any atom is -0.450 e. The van der Waals surface area contributed by atoms with E-state index in [4.69, 9.17) is 10.2 Å². The molecule has 0 fully saturated rings. The van der Waals surface area contributed by atoms with Crippen LogP contribution in [0.5, 0.6) is 0 Å². The number of aryl methyl sites for hydroxylation is 1. The highest BCUT2D eigenvalue weighted by Crippen LogP contribution is 2.33. The van der Waals surface area contributed by atoms with Crippen molar-refractivity contribution in [3.8, 4) is 11.1 Å². The lowest BCUT2D eigenvalue weighted by atomic mass is 10.0. The molecule has 134 valence electrons. The van der Waals surface area contributed by atoms with Gasteiger partial charge in [0, 0.05) is 11.5 Å². The Labute approximate surface area is 154 Å². The highest BCUT2D eigenvalue weighted by Gasteiger charge is 2.23. The largest absolute Gasteiger partial charge is 0.450 e. The zero-order valence-corrected chi connectivity index (χ0v) is 14.4. The van der Waals surface area contributed by atoms with Crippen LogP contribution in [-0.4, -0.2) is 5.78 Å². The molecule has 0 radical (unpaired) electrons. The van der Waals surface area contributed by atoms with Crippen molar-refractivity contribution in [2.45, 2.75) is 6.92 Å². The molecule has 0 atom stereocenters. The van der Waals surface area contributed by atoms with E-state index in [9.17, 15) is 13.6 Å². The number of carbonyl (C=O) groups excluding carboxylic acids is 1. The first-order valence-electron chi connectivity index (χ1n) is 8.33. The van der Waals surface area contributed by atoms with Crippen molar-refractivity contribution in [2.24, 2.45) is 0 Å². The maximum Gasteiger partial charge on any atom is 0.233 e. The average molecular weight is 363 g/mol. The van der Waals surface area contributed by atoms with Gasteiger partial charge < -0.3 is 10.2 Å². The first kappa shape index (κ1) is 17.0. The molecular weight excluding hydrogens is 348 g/mol. The second-order valence-corrected chi connectivity index (χ2v) is 6.38. The second-order valence-electron chi connectivity index (χ2n) is 6.38.